The molecule has 2 heterocycles. The smallest absolute Gasteiger partial charge is 0.0546 e. The first-order chi connectivity index (χ1) is 70.4. The minimum absolute atomic E-state index is 1.04. The summed E-state index contributed by atoms with van der Waals surface area (Å²) < 4.78 is 5.15. The molecule has 0 saturated heterocycles. The first-order valence-corrected chi connectivity index (χ1v) is 50.3. The van der Waals surface area contributed by atoms with Crippen molar-refractivity contribution in [3.8, 4) is 77.9 Å². The average Bonchev–Trinajstić information content (AvgIpc) is 1.52. The van der Waals surface area contributed by atoms with E-state index < -0.39 is 0 Å². The van der Waals surface area contributed by atoms with E-state index in [1.54, 1.807) is 0 Å². The molecule has 0 aliphatic rings. The summed E-state index contributed by atoms with van der Waals surface area (Å²) >= 11 is 3.77. The first kappa shape index (κ1) is 83.3. The van der Waals surface area contributed by atoms with Gasteiger partial charge >= 0.3 is 0 Å². The summed E-state index contributed by atoms with van der Waals surface area (Å²) in [4.78, 5) is 9.67. The number of fused-ring (bicyclic) bond motifs is 17. The number of anilines is 12. The van der Waals surface area contributed by atoms with Gasteiger partial charge in [0.2, 0.25) is 0 Å². The molecule has 0 saturated carbocycles. The maximum absolute atomic E-state index is 2.51. The quantitative estimate of drug-likeness (QED) is 0.0748. The monoisotopic (exact) mass is 1840 g/mol. The number of rotatable bonds is 19. The molecule has 0 N–H and O–H groups in total. The number of hydrogen-bond acceptors (Lipinski definition) is 6. The summed E-state index contributed by atoms with van der Waals surface area (Å²) in [5.74, 6) is 0. The molecule has 25 aromatic carbocycles. The fourth-order valence-electron chi connectivity index (χ4n) is 21.9. The Morgan fingerprint density at radius 1 is 0.127 bits per heavy atom. The standard InChI is InChI=1S/C136H88N4S2/c1-5-28-89(29-6-1)93-64-75-117-102(80-93)56-57-104-85-113(74-79-118(104)117)138(112-41-26-33-98(84-112)120-44-20-23-52-130(120)140(131-87-100-31-13-15-42-114(100)123-46-17-18-47-124(123)131)110-72-62-92(63-73-110)128-86-99-30-14-16-45-121(99)134-127-48-21-24-53-132(127)141-136(128)134)109-68-58-90(59-69-109)94-65-76-115-101(81-94)54-55-103-82-95(66-77-116(103)115)96-67-78-125-126-50-27-49-122(135(126)142-133(125)88-96)91-60-70-108(71-61-91)137(105-34-7-2-8-35-105)111-40-25-32-97(83-111)119-43-19-22-51-129(119)139(106-36-9-3-10-37-106)107-38-11-4-12-39-107/h1-88H. The fraction of sp³-hybridized carbons (Fsp3) is 0. The van der Waals surface area contributed by atoms with Gasteiger partial charge in [0, 0.05) is 114 Å². The third-order valence-electron chi connectivity index (χ3n) is 28.7. The number of nitrogens with zero attached hydrogens (tertiary/aromatic N) is 4. The van der Waals surface area contributed by atoms with Crippen molar-refractivity contribution in [1.82, 2.24) is 0 Å². The summed E-state index contributed by atoms with van der Waals surface area (Å²) in [5, 5.41) is 22.2. The molecule has 0 aliphatic carbocycles. The van der Waals surface area contributed by atoms with Gasteiger partial charge in [-0.3, -0.25) is 0 Å². The van der Waals surface area contributed by atoms with Gasteiger partial charge in [-0.25, -0.2) is 0 Å². The Morgan fingerprint density at radius 2 is 0.465 bits per heavy atom. The zero-order valence-electron chi connectivity index (χ0n) is 77.4. The Labute approximate surface area is 831 Å². The summed E-state index contributed by atoms with van der Waals surface area (Å²) in [6.45, 7) is 0. The highest BCUT2D eigenvalue weighted by atomic mass is 32.1. The van der Waals surface area contributed by atoms with E-state index in [2.05, 4.69) is 553 Å². The minimum Gasteiger partial charge on any atom is -0.310 e. The van der Waals surface area contributed by atoms with Crippen LogP contribution in [0.5, 0.6) is 0 Å². The van der Waals surface area contributed by atoms with E-state index in [0.29, 0.717) is 0 Å². The van der Waals surface area contributed by atoms with Crippen molar-refractivity contribution in [2.75, 3.05) is 19.6 Å². The van der Waals surface area contributed by atoms with Crippen molar-refractivity contribution in [1.29, 1.82) is 0 Å². The molecule has 27 rings (SSSR count). The van der Waals surface area contributed by atoms with Crippen molar-refractivity contribution in [2.45, 2.75) is 0 Å². The third kappa shape index (κ3) is 14.8. The van der Waals surface area contributed by atoms with E-state index in [4.69, 9.17) is 0 Å². The fourth-order valence-corrected chi connectivity index (χ4v) is 24.5. The van der Waals surface area contributed by atoms with E-state index in [1.807, 2.05) is 22.7 Å². The Hall–Kier alpha value is -18.0. The van der Waals surface area contributed by atoms with Crippen LogP contribution in [0.3, 0.4) is 0 Å². The van der Waals surface area contributed by atoms with Gasteiger partial charge in [-0.1, -0.05) is 370 Å². The van der Waals surface area contributed by atoms with Crippen LogP contribution in [-0.2, 0) is 0 Å². The van der Waals surface area contributed by atoms with E-state index in [-0.39, 0.29) is 0 Å². The molecule has 142 heavy (non-hydrogen) atoms. The summed E-state index contributed by atoms with van der Waals surface area (Å²) in [6, 6.07) is 198. The van der Waals surface area contributed by atoms with Gasteiger partial charge in [0.1, 0.15) is 0 Å². The van der Waals surface area contributed by atoms with Crippen molar-refractivity contribution in [2.24, 2.45) is 0 Å². The van der Waals surface area contributed by atoms with E-state index >= 15 is 0 Å². The predicted octanol–water partition coefficient (Wildman–Crippen LogP) is 40.0. The lowest BCUT2D eigenvalue weighted by atomic mass is 9.95. The SMILES string of the molecule is c1ccc(-c2ccc3c(ccc4cc(N(c5ccc(-c6ccc7c(ccc8cc(-c9ccc%10c(c9)sc9c(-c%11ccc(N(c%12ccccc%12)c%12cccc(-c%13ccccc%13N(c%13ccccc%13)c%13ccccc%13)c%12)cc%11)cccc9%10)ccc87)c6)cc5)c5cccc(-c6ccccc6N(c6ccc(-c7cc8ccccc8c8c7sc7ccccc78)cc6)c6cc7ccccc7c7ccccc67)c5)ccc43)c2)cc1. The summed E-state index contributed by atoms with van der Waals surface area (Å²) in [7, 11) is 0. The summed E-state index contributed by atoms with van der Waals surface area (Å²) in [6.07, 6.45) is 0. The molecule has 0 amide bonds. The number of para-hydroxylation sites is 5. The highest BCUT2D eigenvalue weighted by Gasteiger charge is 2.27. The van der Waals surface area contributed by atoms with Gasteiger partial charge < -0.3 is 19.6 Å². The zero-order valence-corrected chi connectivity index (χ0v) is 79.0. The maximum Gasteiger partial charge on any atom is 0.0546 e. The average molecular weight is 1840 g/mol. The highest BCUT2D eigenvalue weighted by molar-refractivity contribution is 7.27. The van der Waals surface area contributed by atoms with Gasteiger partial charge in [0.25, 0.3) is 0 Å². The Kier molecular flexibility index (Phi) is 20.7. The molecule has 6 heteroatoms. The number of hydrogen-bond donors (Lipinski definition) is 0. The Balaban J connectivity index is 0.504. The van der Waals surface area contributed by atoms with Gasteiger partial charge in [0.15, 0.2) is 0 Å². The molecule has 4 nitrogen and oxygen atoms in total. The second-order valence-electron chi connectivity index (χ2n) is 36.9. The Bertz CT molecular complexity index is 9570. The molecule has 664 valence electrons. The molecule has 0 fully saturated rings. The predicted molar refractivity (Wildman–Crippen MR) is 612 cm³/mol. The van der Waals surface area contributed by atoms with Crippen LogP contribution in [0.15, 0.2) is 534 Å². The second kappa shape index (κ2) is 35.2. The maximum atomic E-state index is 2.51. The molecule has 0 bridgehead atoms. The third-order valence-corrected chi connectivity index (χ3v) is 31.1. The molecule has 0 radical (unpaired) electrons. The van der Waals surface area contributed by atoms with E-state index in [9.17, 15) is 0 Å². The van der Waals surface area contributed by atoms with Crippen LogP contribution in [0.2, 0.25) is 0 Å². The van der Waals surface area contributed by atoms with Crippen molar-refractivity contribution in [3.05, 3.63) is 534 Å². The lowest BCUT2D eigenvalue weighted by molar-refractivity contribution is 1.27. The van der Waals surface area contributed by atoms with Crippen molar-refractivity contribution >= 4 is 207 Å². The number of benzene rings is 25. The number of thiophene rings is 2. The molecule has 27 aromatic rings. The summed E-state index contributed by atoms with van der Waals surface area (Å²) in [5.41, 5.74) is 29.3. The minimum atomic E-state index is 1.04. The second-order valence-corrected chi connectivity index (χ2v) is 39.0. The molecule has 0 spiro atoms. The van der Waals surface area contributed by atoms with Gasteiger partial charge in [-0.15, -0.1) is 22.7 Å². The van der Waals surface area contributed by atoms with Crippen LogP contribution in [0, 0.1) is 0 Å². The van der Waals surface area contributed by atoms with Crippen LogP contribution in [0.1, 0.15) is 0 Å². The Morgan fingerprint density at radius 3 is 1.05 bits per heavy atom. The zero-order chi connectivity index (χ0) is 93.7. The largest absolute Gasteiger partial charge is 0.310 e. The van der Waals surface area contributed by atoms with Gasteiger partial charge in [-0.2, -0.15) is 0 Å². The van der Waals surface area contributed by atoms with Gasteiger partial charge in [-0.05, 0) is 295 Å². The van der Waals surface area contributed by atoms with Crippen molar-refractivity contribution in [3.63, 3.8) is 0 Å². The van der Waals surface area contributed by atoms with Crippen molar-refractivity contribution < 1.29 is 0 Å². The topological polar surface area (TPSA) is 13.0 Å². The molecule has 0 unspecified atom stereocenters. The van der Waals surface area contributed by atoms with E-state index in [0.717, 1.165) is 102 Å². The first-order valence-electron chi connectivity index (χ1n) is 48.6. The molecular weight excluding hydrogens is 1750 g/mol. The van der Waals surface area contributed by atoms with Crippen LogP contribution >= 0.6 is 22.7 Å². The lowest BCUT2D eigenvalue weighted by Gasteiger charge is -2.30. The van der Waals surface area contributed by atoms with Gasteiger partial charge in [0.05, 0.1) is 17.1 Å². The lowest BCUT2D eigenvalue weighted by Crippen LogP contribution is -2.12. The van der Waals surface area contributed by atoms with Crippen LogP contribution in [0.4, 0.5) is 68.2 Å². The molecule has 0 atom stereocenters. The highest BCUT2D eigenvalue weighted by Crippen LogP contribution is 2.53. The van der Waals surface area contributed by atoms with Crippen LogP contribution in [-0.4, -0.2) is 0 Å². The van der Waals surface area contributed by atoms with E-state index in [1.165, 1.54) is 160 Å². The molecule has 0 aliphatic heterocycles. The molecule has 2 aromatic heterocycles. The molecular formula is C136H88N4S2. The van der Waals surface area contributed by atoms with Crippen LogP contribution < -0.4 is 19.6 Å². The van der Waals surface area contributed by atoms with Crippen LogP contribution in [0.25, 0.3) is 194 Å². The normalized spacial score (nSPS) is 11.7.